The summed E-state index contributed by atoms with van der Waals surface area (Å²) in [5.41, 5.74) is -0.591. The minimum atomic E-state index is -0.824. The van der Waals surface area contributed by atoms with Crippen molar-refractivity contribution < 1.29 is 9.90 Å². The van der Waals surface area contributed by atoms with Crippen LogP contribution in [0, 0.1) is 5.41 Å². The predicted molar refractivity (Wildman–Crippen MR) is 78.9 cm³/mol. The summed E-state index contributed by atoms with van der Waals surface area (Å²) < 4.78 is 0. The molecule has 0 saturated heterocycles. The molecule has 1 aromatic heterocycles. The van der Waals surface area contributed by atoms with Gasteiger partial charge in [-0.05, 0) is 43.6 Å². The molecule has 1 amide bonds. The smallest absolute Gasteiger partial charge is 0.270 e. The van der Waals surface area contributed by atoms with Gasteiger partial charge >= 0.3 is 0 Å². The molecular formula is C16H23N3O2. The van der Waals surface area contributed by atoms with E-state index in [1.54, 1.807) is 12.3 Å². The minimum absolute atomic E-state index is 0.162. The van der Waals surface area contributed by atoms with E-state index in [4.69, 9.17) is 0 Å². The highest BCUT2D eigenvalue weighted by Crippen LogP contribution is 2.45. The Labute approximate surface area is 125 Å². The predicted octanol–water partition coefficient (Wildman–Crippen LogP) is 2.02. The number of rotatable bonds is 4. The van der Waals surface area contributed by atoms with Crippen molar-refractivity contribution in [2.75, 3.05) is 6.54 Å². The second-order valence-electron chi connectivity index (χ2n) is 7.03. The van der Waals surface area contributed by atoms with Crippen LogP contribution in [0.25, 0.3) is 0 Å². The molecule has 2 saturated carbocycles. The zero-order valence-corrected chi connectivity index (χ0v) is 12.7. The Morgan fingerprint density at radius 3 is 2.81 bits per heavy atom. The van der Waals surface area contributed by atoms with Crippen molar-refractivity contribution in [1.29, 1.82) is 0 Å². The van der Waals surface area contributed by atoms with Gasteiger partial charge in [0, 0.05) is 18.7 Å². The third-order valence-electron chi connectivity index (χ3n) is 5.04. The van der Waals surface area contributed by atoms with Crippen molar-refractivity contribution in [1.82, 2.24) is 15.3 Å². The number of carbonyl (C=O) groups excluding carboxylic acids is 1. The number of aromatic nitrogens is 2. The molecule has 5 nitrogen and oxygen atoms in total. The molecule has 2 fully saturated rings. The Kier molecular flexibility index (Phi) is 3.48. The Bertz CT molecular complexity index is 554. The van der Waals surface area contributed by atoms with Crippen LogP contribution in [0.1, 0.15) is 68.2 Å². The van der Waals surface area contributed by atoms with Gasteiger partial charge in [-0.3, -0.25) is 4.79 Å². The molecule has 2 aliphatic carbocycles. The first-order valence-corrected chi connectivity index (χ1v) is 7.75. The average molecular weight is 289 g/mol. The molecular weight excluding hydrogens is 266 g/mol. The summed E-state index contributed by atoms with van der Waals surface area (Å²) in [5.74, 6) is 0.966. The van der Waals surface area contributed by atoms with Gasteiger partial charge in [0.15, 0.2) is 0 Å². The maximum Gasteiger partial charge on any atom is 0.270 e. The molecule has 5 heteroatoms. The van der Waals surface area contributed by atoms with Gasteiger partial charge in [0.05, 0.1) is 5.60 Å². The van der Waals surface area contributed by atoms with Gasteiger partial charge in [-0.1, -0.05) is 13.8 Å². The number of nitrogens with zero attached hydrogens (tertiary/aromatic N) is 2. The van der Waals surface area contributed by atoms with E-state index in [1.165, 1.54) is 0 Å². The van der Waals surface area contributed by atoms with Gasteiger partial charge in [-0.2, -0.15) is 0 Å². The van der Waals surface area contributed by atoms with Gasteiger partial charge in [0.1, 0.15) is 11.5 Å². The Hall–Kier alpha value is -1.49. The normalized spacial score (nSPS) is 27.6. The topological polar surface area (TPSA) is 75.1 Å². The fourth-order valence-corrected chi connectivity index (χ4v) is 3.08. The van der Waals surface area contributed by atoms with Crippen molar-refractivity contribution in [2.24, 2.45) is 5.41 Å². The highest BCUT2D eigenvalue weighted by atomic mass is 16.3. The van der Waals surface area contributed by atoms with E-state index in [-0.39, 0.29) is 17.9 Å². The first kappa shape index (κ1) is 14.4. The van der Waals surface area contributed by atoms with Gasteiger partial charge < -0.3 is 10.4 Å². The van der Waals surface area contributed by atoms with Gasteiger partial charge in [0.2, 0.25) is 0 Å². The van der Waals surface area contributed by atoms with E-state index < -0.39 is 5.60 Å². The summed E-state index contributed by atoms with van der Waals surface area (Å²) in [6, 6.07) is 1.63. The molecule has 0 radical (unpaired) electrons. The molecule has 0 aliphatic heterocycles. The molecule has 0 bridgehead atoms. The molecule has 0 aromatic carbocycles. The van der Waals surface area contributed by atoms with Crippen LogP contribution in [0.15, 0.2) is 12.3 Å². The fourth-order valence-electron chi connectivity index (χ4n) is 3.08. The second-order valence-corrected chi connectivity index (χ2v) is 7.03. The lowest BCUT2D eigenvalue weighted by Crippen LogP contribution is -2.49. The molecule has 1 atom stereocenters. The zero-order valence-electron chi connectivity index (χ0n) is 12.7. The lowest BCUT2D eigenvalue weighted by Gasteiger charge is -2.36. The summed E-state index contributed by atoms with van der Waals surface area (Å²) in [7, 11) is 0. The van der Waals surface area contributed by atoms with Crippen LogP contribution in [-0.4, -0.2) is 33.1 Å². The van der Waals surface area contributed by atoms with Crippen molar-refractivity contribution in [2.45, 2.75) is 57.5 Å². The maximum atomic E-state index is 12.2. The third kappa shape index (κ3) is 2.79. The van der Waals surface area contributed by atoms with E-state index in [2.05, 4.69) is 29.1 Å². The summed E-state index contributed by atoms with van der Waals surface area (Å²) in [6.07, 6.45) is 6.58. The average Bonchev–Trinajstić information content (AvgIpc) is 3.25. The Balaban J connectivity index is 1.65. The molecule has 1 heterocycles. The van der Waals surface area contributed by atoms with E-state index in [1.807, 2.05) is 0 Å². The maximum absolute atomic E-state index is 12.2. The molecule has 1 unspecified atom stereocenters. The van der Waals surface area contributed by atoms with Crippen LogP contribution in [0.4, 0.5) is 0 Å². The van der Waals surface area contributed by atoms with E-state index >= 15 is 0 Å². The van der Waals surface area contributed by atoms with E-state index in [9.17, 15) is 9.90 Å². The molecule has 21 heavy (non-hydrogen) atoms. The van der Waals surface area contributed by atoms with E-state index in [0.717, 1.165) is 37.9 Å². The van der Waals surface area contributed by atoms with E-state index in [0.29, 0.717) is 11.6 Å². The van der Waals surface area contributed by atoms with Gasteiger partial charge in [-0.25, -0.2) is 9.97 Å². The summed E-state index contributed by atoms with van der Waals surface area (Å²) >= 11 is 0. The van der Waals surface area contributed by atoms with Crippen LogP contribution >= 0.6 is 0 Å². The SMILES string of the molecule is CC1(C)CCCC1(O)CNC(=O)c1ccnc(C2CC2)n1. The molecule has 2 aliphatic rings. The first-order chi connectivity index (χ1) is 9.91. The van der Waals surface area contributed by atoms with Gasteiger partial charge in [0.25, 0.3) is 5.91 Å². The first-order valence-electron chi connectivity index (χ1n) is 7.75. The number of aliphatic hydroxyl groups is 1. The number of hydrogen-bond acceptors (Lipinski definition) is 4. The molecule has 1 aromatic rings. The molecule has 3 rings (SSSR count). The number of nitrogens with one attached hydrogen (secondary N) is 1. The molecule has 0 spiro atoms. The van der Waals surface area contributed by atoms with Crippen molar-refractivity contribution in [3.05, 3.63) is 23.8 Å². The zero-order chi connectivity index (χ0) is 15.1. The summed E-state index contributed by atoms with van der Waals surface area (Å²) in [5, 5.41) is 13.6. The molecule has 114 valence electrons. The number of carbonyl (C=O) groups is 1. The molecule has 2 N–H and O–H groups in total. The van der Waals surface area contributed by atoms with Crippen LogP contribution < -0.4 is 5.32 Å². The van der Waals surface area contributed by atoms with Crippen LogP contribution in [-0.2, 0) is 0 Å². The monoisotopic (exact) mass is 289 g/mol. The second kappa shape index (κ2) is 5.05. The highest BCUT2D eigenvalue weighted by molar-refractivity contribution is 5.92. The van der Waals surface area contributed by atoms with Crippen LogP contribution in [0.5, 0.6) is 0 Å². The van der Waals surface area contributed by atoms with Crippen molar-refractivity contribution in [3.63, 3.8) is 0 Å². The van der Waals surface area contributed by atoms with Crippen LogP contribution in [0.2, 0.25) is 0 Å². The van der Waals surface area contributed by atoms with Crippen molar-refractivity contribution >= 4 is 5.91 Å². The van der Waals surface area contributed by atoms with Crippen molar-refractivity contribution in [3.8, 4) is 0 Å². The number of hydrogen-bond donors (Lipinski definition) is 2. The lowest BCUT2D eigenvalue weighted by atomic mass is 9.78. The third-order valence-corrected chi connectivity index (χ3v) is 5.04. The van der Waals surface area contributed by atoms with Gasteiger partial charge in [-0.15, -0.1) is 0 Å². The Morgan fingerprint density at radius 1 is 1.43 bits per heavy atom. The highest BCUT2D eigenvalue weighted by Gasteiger charge is 2.47. The summed E-state index contributed by atoms with van der Waals surface area (Å²) in [6.45, 7) is 4.39. The van der Waals surface area contributed by atoms with Crippen LogP contribution in [0.3, 0.4) is 0 Å². The lowest BCUT2D eigenvalue weighted by molar-refractivity contribution is -0.0394. The number of amides is 1. The standard InChI is InChI=1S/C16H23N3O2/c1-15(2)7-3-8-16(15,21)10-18-14(20)12-6-9-17-13(19-12)11-4-5-11/h6,9,11,21H,3-5,7-8,10H2,1-2H3,(H,18,20). The minimum Gasteiger partial charge on any atom is -0.387 e. The quantitative estimate of drug-likeness (QED) is 0.889. The Morgan fingerprint density at radius 2 is 2.19 bits per heavy atom. The largest absolute Gasteiger partial charge is 0.387 e. The fraction of sp³-hybridized carbons (Fsp3) is 0.688. The summed E-state index contributed by atoms with van der Waals surface area (Å²) in [4.78, 5) is 20.8.